The molecule has 19 heavy (non-hydrogen) atoms. The molecule has 4 heteroatoms. The van der Waals surface area contributed by atoms with Crippen molar-refractivity contribution in [3.05, 3.63) is 48.0 Å². The topological polar surface area (TPSA) is 47.9 Å². The molecule has 0 atom stereocenters. The van der Waals surface area contributed by atoms with Crippen LogP contribution in [0.2, 0.25) is 0 Å². The van der Waals surface area contributed by atoms with Gasteiger partial charge in [-0.05, 0) is 29.8 Å². The molecule has 0 saturated heterocycles. The van der Waals surface area contributed by atoms with Gasteiger partial charge in [0.15, 0.2) is 23.0 Å². The Bertz CT molecular complexity index is 552. The Morgan fingerprint density at radius 3 is 2.32 bits per heavy atom. The molecule has 0 heterocycles. The molecule has 0 spiro atoms. The third-order valence-corrected chi connectivity index (χ3v) is 2.71. The van der Waals surface area contributed by atoms with Crippen LogP contribution in [0.25, 0.3) is 0 Å². The molecule has 2 rings (SSSR count). The van der Waals surface area contributed by atoms with Gasteiger partial charge >= 0.3 is 0 Å². The summed E-state index contributed by atoms with van der Waals surface area (Å²) in [5.74, 6) is 1.91. The monoisotopic (exact) mass is 260 g/mol. The molecule has 100 valence electrons. The maximum atomic E-state index is 9.60. The minimum absolute atomic E-state index is 0.128. The number of methoxy groups -OCH3 is 2. The van der Waals surface area contributed by atoms with E-state index in [2.05, 4.69) is 0 Å². The molecular weight excluding hydrogens is 244 g/mol. The van der Waals surface area contributed by atoms with Crippen LogP contribution in [0.1, 0.15) is 5.56 Å². The van der Waals surface area contributed by atoms with Crippen molar-refractivity contribution in [1.82, 2.24) is 0 Å². The van der Waals surface area contributed by atoms with Gasteiger partial charge in [0.1, 0.15) is 6.61 Å². The quantitative estimate of drug-likeness (QED) is 0.897. The first-order chi connectivity index (χ1) is 9.24. The molecule has 0 aliphatic carbocycles. The molecule has 0 amide bonds. The van der Waals surface area contributed by atoms with Crippen LogP contribution < -0.4 is 14.2 Å². The fourth-order valence-electron chi connectivity index (χ4n) is 1.71. The molecule has 1 N–H and O–H groups in total. The summed E-state index contributed by atoms with van der Waals surface area (Å²) in [6, 6.07) is 12.4. The van der Waals surface area contributed by atoms with Crippen molar-refractivity contribution >= 4 is 0 Å². The van der Waals surface area contributed by atoms with Crippen molar-refractivity contribution in [3.8, 4) is 23.0 Å². The largest absolute Gasteiger partial charge is 0.504 e. The zero-order chi connectivity index (χ0) is 13.7. The summed E-state index contributed by atoms with van der Waals surface area (Å²) in [6.07, 6.45) is 0. The Hall–Kier alpha value is -2.36. The smallest absolute Gasteiger partial charge is 0.161 e. The SMILES string of the molecule is COc1ccc(COc2ccccc2O)cc1OC. The first-order valence-corrected chi connectivity index (χ1v) is 5.86. The summed E-state index contributed by atoms with van der Waals surface area (Å²) in [4.78, 5) is 0. The highest BCUT2D eigenvalue weighted by Crippen LogP contribution is 2.29. The lowest BCUT2D eigenvalue weighted by molar-refractivity contribution is 0.287. The zero-order valence-corrected chi connectivity index (χ0v) is 10.9. The van der Waals surface area contributed by atoms with Crippen LogP contribution in [0.3, 0.4) is 0 Å². The number of phenols is 1. The maximum Gasteiger partial charge on any atom is 0.161 e. The lowest BCUT2D eigenvalue weighted by atomic mass is 10.2. The Labute approximate surface area is 112 Å². The molecule has 2 aromatic rings. The normalized spacial score (nSPS) is 10.0. The summed E-state index contributed by atoms with van der Waals surface area (Å²) in [6.45, 7) is 0.345. The lowest BCUT2D eigenvalue weighted by Crippen LogP contribution is -1.97. The second-order valence-electron chi connectivity index (χ2n) is 3.95. The first kappa shape index (κ1) is 13.1. The van der Waals surface area contributed by atoms with E-state index in [0.29, 0.717) is 23.9 Å². The minimum Gasteiger partial charge on any atom is -0.504 e. The summed E-state index contributed by atoms with van der Waals surface area (Å²) in [7, 11) is 3.18. The van der Waals surface area contributed by atoms with Crippen LogP contribution >= 0.6 is 0 Å². The van der Waals surface area contributed by atoms with Crippen molar-refractivity contribution in [2.45, 2.75) is 6.61 Å². The van der Waals surface area contributed by atoms with E-state index >= 15 is 0 Å². The molecular formula is C15H16O4. The molecule has 0 bridgehead atoms. The number of aromatic hydroxyl groups is 1. The number of para-hydroxylation sites is 2. The van der Waals surface area contributed by atoms with Gasteiger partial charge in [-0.25, -0.2) is 0 Å². The Kier molecular flexibility index (Phi) is 4.13. The minimum atomic E-state index is 0.128. The summed E-state index contributed by atoms with van der Waals surface area (Å²) in [5, 5.41) is 9.60. The predicted octanol–water partition coefficient (Wildman–Crippen LogP) is 2.99. The number of rotatable bonds is 5. The van der Waals surface area contributed by atoms with Gasteiger partial charge in [0.2, 0.25) is 0 Å². The van der Waals surface area contributed by atoms with E-state index in [1.807, 2.05) is 24.3 Å². The van der Waals surface area contributed by atoms with Crippen LogP contribution in [-0.2, 0) is 6.61 Å². The van der Waals surface area contributed by atoms with Gasteiger partial charge in [-0.1, -0.05) is 18.2 Å². The number of phenolic OH excluding ortho intramolecular Hbond substituents is 1. The van der Waals surface area contributed by atoms with Gasteiger partial charge in [0, 0.05) is 0 Å². The highest BCUT2D eigenvalue weighted by atomic mass is 16.5. The standard InChI is InChI=1S/C15H16O4/c1-17-14-8-7-11(9-15(14)18-2)10-19-13-6-4-3-5-12(13)16/h3-9,16H,10H2,1-2H3. The molecule has 0 radical (unpaired) electrons. The van der Waals surface area contributed by atoms with Crippen molar-refractivity contribution < 1.29 is 19.3 Å². The van der Waals surface area contributed by atoms with E-state index in [9.17, 15) is 5.11 Å². The average Bonchev–Trinajstić information content (AvgIpc) is 2.46. The first-order valence-electron chi connectivity index (χ1n) is 5.86. The molecule has 0 aromatic heterocycles. The van der Waals surface area contributed by atoms with Gasteiger partial charge in [0.05, 0.1) is 14.2 Å². The van der Waals surface area contributed by atoms with Crippen molar-refractivity contribution in [2.24, 2.45) is 0 Å². The van der Waals surface area contributed by atoms with E-state index in [0.717, 1.165) is 5.56 Å². The van der Waals surface area contributed by atoms with Crippen molar-refractivity contribution in [3.63, 3.8) is 0 Å². The summed E-state index contributed by atoms with van der Waals surface area (Å²) < 4.78 is 15.9. The number of benzene rings is 2. The fraction of sp³-hybridized carbons (Fsp3) is 0.200. The molecule has 0 aliphatic rings. The van der Waals surface area contributed by atoms with E-state index in [1.165, 1.54) is 0 Å². The predicted molar refractivity (Wildman–Crippen MR) is 72.0 cm³/mol. The Morgan fingerprint density at radius 2 is 1.63 bits per heavy atom. The number of hydrogen-bond acceptors (Lipinski definition) is 4. The van der Waals surface area contributed by atoms with Crippen LogP contribution in [0.5, 0.6) is 23.0 Å². The van der Waals surface area contributed by atoms with Crippen molar-refractivity contribution in [2.75, 3.05) is 14.2 Å². The van der Waals surface area contributed by atoms with E-state index < -0.39 is 0 Å². The number of ether oxygens (including phenoxy) is 3. The molecule has 0 saturated carbocycles. The average molecular weight is 260 g/mol. The summed E-state index contributed by atoms with van der Waals surface area (Å²) >= 11 is 0. The van der Waals surface area contributed by atoms with Gasteiger partial charge in [-0.2, -0.15) is 0 Å². The summed E-state index contributed by atoms with van der Waals surface area (Å²) in [5.41, 5.74) is 0.931. The van der Waals surface area contributed by atoms with Gasteiger partial charge in [0.25, 0.3) is 0 Å². The van der Waals surface area contributed by atoms with E-state index in [4.69, 9.17) is 14.2 Å². The molecule has 0 unspecified atom stereocenters. The van der Waals surface area contributed by atoms with Crippen LogP contribution in [0, 0.1) is 0 Å². The fourth-order valence-corrected chi connectivity index (χ4v) is 1.71. The third-order valence-electron chi connectivity index (χ3n) is 2.71. The Morgan fingerprint density at radius 1 is 0.895 bits per heavy atom. The molecule has 4 nitrogen and oxygen atoms in total. The van der Waals surface area contributed by atoms with E-state index in [-0.39, 0.29) is 5.75 Å². The third kappa shape index (κ3) is 3.10. The van der Waals surface area contributed by atoms with Gasteiger partial charge < -0.3 is 19.3 Å². The van der Waals surface area contributed by atoms with Crippen LogP contribution in [-0.4, -0.2) is 19.3 Å². The maximum absolute atomic E-state index is 9.60. The highest BCUT2D eigenvalue weighted by molar-refractivity contribution is 5.43. The number of hydrogen-bond donors (Lipinski definition) is 1. The lowest BCUT2D eigenvalue weighted by Gasteiger charge is -2.11. The van der Waals surface area contributed by atoms with Gasteiger partial charge in [-0.3, -0.25) is 0 Å². The van der Waals surface area contributed by atoms with Crippen molar-refractivity contribution in [1.29, 1.82) is 0 Å². The highest BCUT2D eigenvalue weighted by Gasteiger charge is 2.06. The Balaban J connectivity index is 2.10. The second-order valence-corrected chi connectivity index (χ2v) is 3.95. The second kappa shape index (κ2) is 6.00. The zero-order valence-electron chi connectivity index (χ0n) is 10.9. The molecule has 2 aromatic carbocycles. The van der Waals surface area contributed by atoms with Crippen LogP contribution in [0.4, 0.5) is 0 Å². The van der Waals surface area contributed by atoms with Gasteiger partial charge in [-0.15, -0.1) is 0 Å². The molecule has 0 aliphatic heterocycles. The molecule has 0 fully saturated rings. The van der Waals surface area contributed by atoms with E-state index in [1.54, 1.807) is 32.4 Å². The van der Waals surface area contributed by atoms with Crippen LogP contribution in [0.15, 0.2) is 42.5 Å².